The molecule has 0 aliphatic carbocycles. The van der Waals surface area contributed by atoms with Crippen molar-refractivity contribution in [2.45, 2.75) is 19.1 Å². The van der Waals surface area contributed by atoms with E-state index in [1.807, 2.05) is 0 Å². The van der Waals surface area contributed by atoms with Crippen molar-refractivity contribution in [2.75, 3.05) is 26.2 Å². The second-order valence-electron chi connectivity index (χ2n) is 5.48. The van der Waals surface area contributed by atoms with Crippen molar-refractivity contribution in [1.29, 1.82) is 0 Å². The van der Waals surface area contributed by atoms with Gasteiger partial charge in [0.1, 0.15) is 0 Å². The number of hydrogen-bond donors (Lipinski definition) is 1. The van der Waals surface area contributed by atoms with Crippen LogP contribution in [0.3, 0.4) is 0 Å². The van der Waals surface area contributed by atoms with Gasteiger partial charge in [-0.05, 0) is 31.2 Å². The van der Waals surface area contributed by atoms with Crippen molar-refractivity contribution < 1.29 is 22.8 Å². The zero-order valence-corrected chi connectivity index (χ0v) is 13.9. The summed E-state index contributed by atoms with van der Waals surface area (Å²) in [7, 11) is 0. The summed E-state index contributed by atoms with van der Waals surface area (Å²) in [5.41, 5.74) is 4.95. The van der Waals surface area contributed by atoms with Crippen LogP contribution in [0, 0.1) is 0 Å². The molecule has 0 bridgehead atoms. The highest BCUT2D eigenvalue weighted by Gasteiger charge is 2.31. The van der Waals surface area contributed by atoms with Gasteiger partial charge in [0.25, 0.3) is 5.91 Å². The maximum Gasteiger partial charge on any atom is 0.416 e. The van der Waals surface area contributed by atoms with E-state index in [1.54, 1.807) is 11.8 Å². The number of alkyl halides is 3. The van der Waals surface area contributed by atoms with Crippen LogP contribution in [-0.2, 0) is 11.0 Å². The highest BCUT2D eigenvalue weighted by Crippen LogP contribution is 2.29. The van der Waals surface area contributed by atoms with Crippen LogP contribution in [0.15, 0.2) is 24.3 Å². The van der Waals surface area contributed by atoms with Gasteiger partial charge in [-0.3, -0.25) is 9.59 Å². The molecule has 1 unspecified atom stereocenters. The molecule has 0 saturated carbocycles. The molecule has 1 atom stereocenters. The Morgan fingerprint density at radius 2 is 1.50 bits per heavy atom. The van der Waals surface area contributed by atoms with Gasteiger partial charge in [0, 0.05) is 31.7 Å². The van der Waals surface area contributed by atoms with Gasteiger partial charge < -0.3 is 15.5 Å². The summed E-state index contributed by atoms with van der Waals surface area (Å²) in [6.07, 6.45) is -4.42. The molecule has 24 heavy (non-hydrogen) atoms. The Bertz CT molecular complexity index is 583. The van der Waals surface area contributed by atoms with Crippen molar-refractivity contribution in [3.8, 4) is 0 Å². The first-order valence-electron chi connectivity index (χ1n) is 7.21. The van der Waals surface area contributed by atoms with E-state index in [2.05, 4.69) is 0 Å². The number of nitrogens with two attached hydrogens (primary N) is 1. The average molecular weight is 366 g/mol. The lowest BCUT2D eigenvalue weighted by molar-refractivity contribution is -0.137. The summed E-state index contributed by atoms with van der Waals surface area (Å²) in [5.74, 6) is -0.516. The maximum absolute atomic E-state index is 12.5. The fourth-order valence-corrected chi connectivity index (χ4v) is 2.40. The molecule has 0 aromatic heterocycles. The predicted octanol–water partition coefficient (Wildman–Crippen LogP) is 1.76. The number of carbonyl (C=O) groups excluding carboxylic acids is 2. The highest BCUT2D eigenvalue weighted by atomic mass is 35.5. The van der Waals surface area contributed by atoms with Gasteiger partial charge >= 0.3 is 6.18 Å². The Kier molecular flexibility index (Phi) is 6.62. The van der Waals surface area contributed by atoms with Crippen LogP contribution < -0.4 is 5.73 Å². The topological polar surface area (TPSA) is 66.6 Å². The van der Waals surface area contributed by atoms with E-state index in [0.29, 0.717) is 26.2 Å². The summed E-state index contributed by atoms with van der Waals surface area (Å²) < 4.78 is 37.5. The minimum Gasteiger partial charge on any atom is -0.338 e. The molecule has 5 nitrogen and oxygen atoms in total. The monoisotopic (exact) mass is 365 g/mol. The van der Waals surface area contributed by atoms with Crippen molar-refractivity contribution >= 4 is 24.2 Å². The molecule has 2 rings (SSSR count). The summed E-state index contributed by atoms with van der Waals surface area (Å²) in [6.45, 7) is 3.00. The summed E-state index contributed by atoms with van der Waals surface area (Å²) in [6, 6.07) is 3.54. The maximum atomic E-state index is 12.5. The average Bonchev–Trinajstić information content (AvgIpc) is 2.53. The molecule has 1 aromatic carbocycles. The van der Waals surface area contributed by atoms with E-state index in [-0.39, 0.29) is 29.8 Å². The molecule has 1 fully saturated rings. The van der Waals surface area contributed by atoms with Crippen LogP contribution in [-0.4, -0.2) is 53.8 Å². The molecule has 1 aliphatic heterocycles. The molecule has 2 N–H and O–H groups in total. The van der Waals surface area contributed by atoms with Gasteiger partial charge in [-0.15, -0.1) is 12.4 Å². The molecule has 9 heteroatoms. The molecular formula is C15H19ClF3N3O2. The second-order valence-corrected chi connectivity index (χ2v) is 5.48. The first kappa shape index (κ1) is 20.2. The number of benzene rings is 1. The molecule has 0 spiro atoms. The number of halogens is 4. The molecular weight excluding hydrogens is 347 g/mol. The third-order valence-corrected chi connectivity index (χ3v) is 3.73. The number of nitrogens with zero attached hydrogens (tertiary/aromatic N) is 2. The van der Waals surface area contributed by atoms with Gasteiger partial charge in [-0.2, -0.15) is 13.2 Å². The first-order valence-corrected chi connectivity index (χ1v) is 7.21. The fraction of sp³-hybridized carbons (Fsp3) is 0.467. The second kappa shape index (κ2) is 7.85. The lowest BCUT2D eigenvalue weighted by Crippen LogP contribution is -2.53. The summed E-state index contributed by atoms with van der Waals surface area (Å²) in [4.78, 5) is 27.2. The third kappa shape index (κ3) is 4.61. The number of carbonyl (C=O) groups is 2. The Morgan fingerprint density at radius 3 is 1.92 bits per heavy atom. The first-order chi connectivity index (χ1) is 10.7. The number of rotatable bonds is 2. The van der Waals surface area contributed by atoms with Gasteiger partial charge in [0.2, 0.25) is 5.91 Å². The number of hydrogen-bond acceptors (Lipinski definition) is 3. The van der Waals surface area contributed by atoms with Crippen LogP contribution in [0.5, 0.6) is 0 Å². The predicted molar refractivity (Wildman–Crippen MR) is 84.8 cm³/mol. The zero-order valence-electron chi connectivity index (χ0n) is 13.0. The molecule has 0 radical (unpaired) electrons. The molecule has 1 heterocycles. The third-order valence-electron chi connectivity index (χ3n) is 3.73. The quantitative estimate of drug-likeness (QED) is 0.868. The lowest BCUT2D eigenvalue weighted by atomic mass is 10.1. The Balaban J connectivity index is 0.00000288. The van der Waals surface area contributed by atoms with Crippen molar-refractivity contribution in [3.63, 3.8) is 0 Å². The fourth-order valence-electron chi connectivity index (χ4n) is 2.40. The smallest absolute Gasteiger partial charge is 0.338 e. The number of amides is 2. The van der Waals surface area contributed by atoms with Crippen LogP contribution >= 0.6 is 12.4 Å². The van der Waals surface area contributed by atoms with E-state index in [0.717, 1.165) is 12.1 Å². The van der Waals surface area contributed by atoms with E-state index in [1.165, 1.54) is 17.0 Å². The molecule has 1 saturated heterocycles. The van der Waals surface area contributed by atoms with E-state index < -0.39 is 17.8 Å². The highest BCUT2D eigenvalue weighted by molar-refractivity contribution is 5.94. The van der Waals surface area contributed by atoms with E-state index >= 15 is 0 Å². The molecule has 2 amide bonds. The van der Waals surface area contributed by atoms with Gasteiger partial charge in [0.15, 0.2) is 0 Å². The van der Waals surface area contributed by atoms with E-state index in [9.17, 15) is 22.8 Å². The summed E-state index contributed by atoms with van der Waals surface area (Å²) >= 11 is 0. The van der Waals surface area contributed by atoms with Crippen LogP contribution in [0.1, 0.15) is 22.8 Å². The largest absolute Gasteiger partial charge is 0.416 e. The minimum absolute atomic E-state index is 0. The summed E-state index contributed by atoms with van der Waals surface area (Å²) in [5, 5.41) is 0. The van der Waals surface area contributed by atoms with E-state index in [4.69, 9.17) is 5.73 Å². The molecule has 1 aliphatic rings. The van der Waals surface area contributed by atoms with Gasteiger partial charge in [0.05, 0.1) is 11.6 Å². The number of piperazine rings is 1. The van der Waals surface area contributed by atoms with Crippen LogP contribution in [0.2, 0.25) is 0 Å². The zero-order chi connectivity index (χ0) is 17.2. The van der Waals surface area contributed by atoms with Crippen molar-refractivity contribution in [3.05, 3.63) is 35.4 Å². The van der Waals surface area contributed by atoms with Gasteiger partial charge in [-0.25, -0.2) is 0 Å². The minimum atomic E-state index is -4.42. The Morgan fingerprint density at radius 1 is 1.04 bits per heavy atom. The van der Waals surface area contributed by atoms with Crippen molar-refractivity contribution in [1.82, 2.24) is 9.80 Å². The van der Waals surface area contributed by atoms with Crippen molar-refractivity contribution in [2.24, 2.45) is 5.73 Å². The lowest BCUT2D eigenvalue weighted by Gasteiger charge is -2.35. The van der Waals surface area contributed by atoms with Crippen LogP contribution in [0.25, 0.3) is 0 Å². The molecule has 1 aromatic rings. The SMILES string of the molecule is CC(N)C(=O)N1CCN(C(=O)c2ccc(C(F)(F)F)cc2)CC1.Cl. The Hall–Kier alpha value is -1.80. The Labute approximate surface area is 144 Å². The molecule has 134 valence electrons. The standard InChI is InChI=1S/C15H18F3N3O2.ClH/c1-10(19)13(22)20-6-8-21(9-7-20)14(23)11-2-4-12(5-3-11)15(16,17)18;/h2-5,10H,6-9,19H2,1H3;1H. The normalized spacial score (nSPS) is 16.4. The van der Waals surface area contributed by atoms with Crippen LogP contribution in [0.4, 0.5) is 13.2 Å². The van der Waals surface area contributed by atoms with Gasteiger partial charge in [-0.1, -0.05) is 0 Å².